The lowest BCUT2D eigenvalue weighted by molar-refractivity contribution is 0.0956. The van der Waals surface area contributed by atoms with Crippen LogP contribution in [0.15, 0.2) is 66.9 Å². The minimum atomic E-state index is -0.280. The summed E-state index contributed by atoms with van der Waals surface area (Å²) in [6, 6.07) is 19.8. The van der Waals surface area contributed by atoms with E-state index in [-0.39, 0.29) is 23.3 Å². The molecular weight excluding hydrogens is 464 g/mol. The van der Waals surface area contributed by atoms with E-state index in [0.29, 0.717) is 22.6 Å². The number of imidazole rings is 1. The Hall–Kier alpha value is -4.10. The van der Waals surface area contributed by atoms with Crippen LogP contribution in [0.4, 0.5) is 0 Å². The first kappa shape index (κ1) is 24.6. The lowest BCUT2D eigenvalue weighted by Gasteiger charge is -2.28. The average molecular weight is 497 g/mol. The van der Waals surface area contributed by atoms with Gasteiger partial charge in [0, 0.05) is 38.4 Å². The Labute approximate surface area is 217 Å². The predicted octanol–water partition coefficient (Wildman–Crippen LogP) is 4.99. The standard InChI is InChI=1S/C30H32N4O3/c1-19(2)24-14-25(28(36)15-27(24)35)29-32-16-26(30(37)31-3)34(29)23-10-8-20(9-11-23)17-33-13-12-21-6-4-5-7-22(21)18-33/h4-11,14-16,19,35-36H,12-13,17-18H2,1-3H3,(H,31,37). The van der Waals surface area contributed by atoms with Crippen molar-refractivity contribution in [1.82, 2.24) is 19.8 Å². The number of aromatic nitrogens is 2. The Kier molecular flexibility index (Phi) is 6.72. The molecule has 1 aliphatic rings. The van der Waals surface area contributed by atoms with Gasteiger partial charge in [0.25, 0.3) is 5.91 Å². The molecule has 1 aliphatic heterocycles. The molecule has 3 aromatic carbocycles. The highest BCUT2D eigenvalue weighted by Crippen LogP contribution is 2.38. The number of benzene rings is 3. The van der Waals surface area contributed by atoms with Crippen LogP contribution in [0.3, 0.4) is 0 Å². The summed E-state index contributed by atoms with van der Waals surface area (Å²) in [5, 5.41) is 23.7. The molecule has 7 nitrogen and oxygen atoms in total. The summed E-state index contributed by atoms with van der Waals surface area (Å²) in [4.78, 5) is 19.7. The first-order valence-electron chi connectivity index (χ1n) is 12.6. The summed E-state index contributed by atoms with van der Waals surface area (Å²) < 4.78 is 1.75. The molecule has 3 N–H and O–H groups in total. The molecule has 0 unspecified atom stereocenters. The number of phenols is 2. The second kappa shape index (κ2) is 10.1. The summed E-state index contributed by atoms with van der Waals surface area (Å²) in [5.74, 6) is 0.127. The monoisotopic (exact) mass is 496 g/mol. The molecule has 37 heavy (non-hydrogen) atoms. The number of phenolic OH excluding ortho intramolecular Hbond substituents is 2. The van der Waals surface area contributed by atoms with Gasteiger partial charge in [0.1, 0.15) is 23.0 Å². The highest BCUT2D eigenvalue weighted by molar-refractivity contribution is 5.94. The Bertz CT molecular complexity index is 1440. The van der Waals surface area contributed by atoms with Crippen LogP contribution in [0.25, 0.3) is 17.1 Å². The van der Waals surface area contributed by atoms with Gasteiger partial charge in [-0.2, -0.15) is 0 Å². The Balaban J connectivity index is 1.48. The molecule has 0 saturated heterocycles. The highest BCUT2D eigenvalue weighted by Gasteiger charge is 2.23. The largest absolute Gasteiger partial charge is 0.508 e. The fourth-order valence-electron chi connectivity index (χ4n) is 5.02. The minimum absolute atomic E-state index is 0.0329. The van der Waals surface area contributed by atoms with Crippen LogP contribution in [0.1, 0.15) is 52.5 Å². The average Bonchev–Trinajstić information content (AvgIpc) is 3.33. The van der Waals surface area contributed by atoms with Crippen LogP contribution >= 0.6 is 0 Å². The topological polar surface area (TPSA) is 90.6 Å². The van der Waals surface area contributed by atoms with E-state index in [9.17, 15) is 15.0 Å². The van der Waals surface area contributed by atoms with Crippen molar-refractivity contribution in [2.24, 2.45) is 0 Å². The number of nitrogens with zero attached hydrogens (tertiary/aromatic N) is 3. The van der Waals surface area contributed by atoms with Crippen LogP contribution in [-0.4, -0.2) is 44.2 Å². The zero-order chi connectivity index (χ0) is 26.1. The van der Waals surface area contributed by atoms with Crippen LogP contribution in [0, 0.1) is 0 Å². The molecule has 0 spiro atoms. The van der Waals surface area contributed by atoms with Crippen molar-refractivity contribution in [3.63, 3.8) is 0 Å². The third-order valence-electron chi connectivity index (χ3n) is 7.04. The molecule has 0 aliphatic carbocycles. The van der Waals surface area contributed by atoms with Crippen molar-refractivity contribution in [2.75, 3.05) is 13.6 Å². The molecule has 0 atom stereocenters. The Morgan fingerprint density at radius 3 is 2.46 bits per heavy atom. The van der Waals surface area contributed by atoms with Gasteiger partial charge in [0.2, 0.25) is 0 Å². The van der Waals surface area contributed by atoms with Crippen molar-refractivity contribution in [1.29, 1.82) is 0 Å². The molecule has 0 radical (unpaired) electrons. The van der Waals surface area contributed by atoms with E-state index in [0.717, 1.165) is 31.7 Å². The highest BCUT2D eigenvalue weighted by atomic mass is 16.3. The SMILES string of the molecule is CNC(=O)c1cnc(-c2cc(C(C)C)c(O)cc2O)n1-c1ccc(CN2CCc3ccccc3C2)cc1. The zero-order valence-electron chi connectivity index (χ0n) is 21.4. The first-order valence-corrected chi connectivity index (χ1v) is 12.6. The molecule has 4 aromatic rings. The van der Waals surface area contributed by atoms with E-state index >= 15 is 0 Å². The van der Waals surface area contributed by atoms with E-state index < -0.39 is 0 Å². The number of carbonyl (C=O) groups is 1. The quantitative estimate of drug-likeness (QED) is 0.350. The maximum atomic E-state index is 12.7. The zero-order valence-corrected chi connectivity index (χ0v) is 21.4. The fourth-order valence-corrected chi connectivity index (χ4v) is 5.02. The second-order valence-electron chi connectivity index (χ2n) is 9.86. The van der Waals surface area contributed by atoms with Crippen molar-refractivity contribution < 1.29 is 15.0 Å². The van der Waals surface area contributed by atoms with Crippen LogP contribution in [-0.2, 0) is 19.5 Å². The van der Waals surface area contributed by atoms with Crippen molar-refractivity contribution in [2.45, 2.75) is 39.3 Å². The fraction of sp³-hybridized carbons (Fsp3) is 0.267. The summed E-state index contributed by atoms with van der Waals surface area (Å²) in [6.07, 6.45) is 2.56. The number of hydrogen-bond donors (Lipinski definition) is 3. The summed E-state index contributed by atoms with van der Waals surface area (Å²) in [5.41, 5.74) is 6.27. The molecule has 0 bridgehead atoms. The van der Waals surface area contributed by atoms with E-state index in [1.165, 1.54) is 29.0 Å². The van der Waals surface area contributed by atoms with Gasteiger partial charge in [-0.1, -0.05) is 50.2 Å². The normalized spacial score (nSPS) is 13.5. The number of amides is 1. The number of fused-ring (bicyclic) bond motifs is 1. The second-order valence-corrected chi connectivity index (χ2v) is 9.86. The third kappa shape index (κ3) is 4.82. The smallest absolute Gasteiger partial charge is 0.269 e. The minimum Gasteiger partial charge on any atom is -0.508 e. The van der Waals surface area contributed by atoms with E-state index in [2.05, 4.69) is 51.6 Å². The van der Waals surface area contributed by atoms with E-state index in [4.69, 9.17) is 0 Å². The maximum Gasteiger partial charge on any atom is 0.269 e. The maximum absolute atomic E-state index is 12.7. The van der Waals surface area contributed by atoms with Gasteiger partial charge in [0.15, 0.2) is 0 Å². The summed E-state index contributed by atoms with van der Waals surface area (Å²) in [7, 11) is 1.58. The Morgan fingerprint density at radius 1 is 1.03 bits per heavy atom. The number of rotatable bonds is 6. The van der Waals surface area contributed by atoms with Crippen LogP contribution in [0.2, 0.25) is 0 Å². The van der Waals surface area contributed by atoms with Crippen molar-refractivity contribution >= 4 is 5.91 Å². The summed E-state index contributed by atoms with van der Waals surface area (Å²) in [6.45, 7) is 6.73. The summed E-state index contributed by atoms with van der Waals surface area (Å²) >= 11 is 0. The molecular formula is C30H32N4O3. The first-order chi connectivity index (χ1) is 17.9. The number of nitrogens with one attached hydrogen (secondary N) is 1. The van der Waals surface area contributed by atoms with Crippen molar-refractivity contribution in [3.8, 4) is 28.6 Å². The van der Waals surface area contributed by atoms with Gasteiger partial charge in [-0.3, -0.25) is 14.3 Å². The predicted molar refractivity (Wildman–Crippen MR) is 144 cm³/mol. The van der Waals surface area contributed by atoms with Crippen molar-refractivity contribution in [3.05, 3.63) is 94.8 Å². The number of hydrogen-bond acceptors (Lipinski definition) is 5. The number of aromatic hydroxyl groups is 2. The van der Waals surface area contributed by atoms with Crippen LogP contribution < -0.4 is 5.32 Å². The van der Waals surface area contributed by atoms with Gasteiger partial charge < -0.3 is 15.5 Å². The lowest BCUT2D eigenvalue weighted by Crippen LogP contribution is -2.29. The molecule has 0 fully saturated rings. The molecule has 190 valence electrons. The van der Waals surface area contributed by atoms with Gasteiger partial charge in [0.05, 0.1) is 11.8 Å². The molecule has 1 aromatic heterocycles. The van der Waals surface area contributed by atoms with Crippen LogP contribution in [0.5, 0.6) is 11.5 Å². The lowest BCUT2D eigenvalue weighted by atomic mass is 9.98. The Morgan fingerprint density at radius 2 is 1.76 bits per heavy atom. The molecule has 7 heteroatoms. The van der Waals surface area contributed by atoms with Gasteiger partial charge >= 0.3 is 0 Å². The molecule has 2 heterocycles. The molecule has 5 rings (SSSR count). The van der Waals surface area contributed by atoms with Gasteiger partial charge in [-0.25, -0.2) is 4.98 Å². The van der Waals surface area contributed by atoms with Gasteiger partial charge in [-0.05, 0) is 52.8 Å². The molecule has 1 amide bonds. The number of carbonyl (C=O) groups excluding carboxylic acids is 1. The van der Waals surface area contributed by atoms with Gasteiger partial charge in [-0.15, -0.1) is 0 Å². The van der Waals surface area contributed by atoms with E-state index in [1.807, 2.05) is 26.0 Å². The molecule has 0 saturated carbocycles. The van der Waals surface area contributed by atoms with E-state index in [1.54, 1.807) is 17.7 Å². The third-order valence-corrected chi connectivity index (χ3v) is 7.04.